The summed E-state index contributed by atoms with van der Waals surface area (Å²) in [5.74, 6) is -1.05. The number of amides is 4. The number of rotatable bonds is 2. The van der Waals surface area contributed by atoms with Crippen LogP contribution in [0.3, 0.4) is 0 Å². The molecule has 0 spiro atoms. The van der Waals surface area contributed by atoms with Gasteiger partial charge < -0.3 is 0 Å². The second-order valence-corrected chi connectivity index (χ2v) is 6.43. The minimum Gasteiger partial charge on any atom is -0.288 e. The van der Waals surface area contributed by atoms with Crippen molar-refractivity contribution in [3.8, 4) is 0 Å². The Morgan fingerprint density at radius 1 is 1.14 bits per heavy atom. The summed E-state index contributed by atoms with van der Waals surface area (Å²) in [5, 5.41) is 0. The highest BCUT2D eigenvalue weighted by atomic mass is 16.2. The number of likely N-dealkylation sites (tertiary alicyclic amines) is 1. The van der Waals surface area contributed by atoms with E-state index in [2.05, 4.69) is 0 Å². The Balaban J connectivity index is 2.22. The van der Waals surface area contributed by atoms with Crippen molar-refractivity contribution in [1.29, 1.82) is 0 Å². The summed E-state index contributed by atoms with van der Waals surface area (Å²) in [6.45, 7) is 2.02. The first-order chi connectivity index (χ1) is 9.85. The van der Waals surface area contributed by atoms with Crippen LogP contribution in [0.4, 0.5) is 0 Å². The van der Waals surface area contributed by atoms with Crippen LogP contribution in [0.25, 0.3) is 0 Å². The summed E-state index contributed by atoms with van der Waals surface area (Å²) in [4.78, 5) is 49.6. The summed E-state index contributed by atoms with van der Waals surface area (Å²) in [6.07, 6.45) is 2.78. The van der Waals surface area contributed by atoms with Crippen LogP contribution in [0.1, 0.15) is 32.6 Å². The zero-order chi connectivity index (χ0) is 15.7. The second kappa shape index (κ2) is 5.95. The van der Waals surface area contributed by atoms with Crippen LogP contribution in [-0.2, 0) is 19.2 Å². The minimum atomic E-state index is -0.327. The van der Waals surface area contributed by atoms with Gasteiger partial charge in [0.05, 0.1) is 0 Å². The van der Waals surface area contributed by atoms with Gasteiger partial charge in [0.15, 0.2) is 0 Å². The molecule has 4 atom stereocenters. The molecule has 0 aromatic heterocycles. The van der Waals surface area contributed by atoms with Crippen LogP contribution in [0.2, 0.25) is 0 Å². The summed E-state index contributed by atoms with van der Waals surface area (Å²) in [5.41, 5.74) is 0. The third-order valence-corrected chi connectivity index (χ3v) is 4.73. The zero-order valence-electron chi connectivity index (χ0n) is 12.7. The molecule has 116 valence electrons. The van der Waals surface area contributed by atoms with Gasteiger partial charge in [-0.2, -0.15) is 0 Å². The van der Waals surface area contributed by atoms with Crippen molar-refractivity contribution in [2.75, 3.05) is 14.1 Å². The van der Waals surface area contributed by atoms with Crippen molar-refractivity contribution in [3.05, 3.63) is 0 Å². The first-order valence-corrected chi connectivity index (χ1v) is 7.38. The van der Waals surface area contributed by atoms with Crippen LogP contribution in [0.5, 0.6) is 0 Å². The molecule has 2 fully saturated rings. The molecule has 21 heavy (non-hydrogen) atoms. The predicted molar refractivity (Wildman–Crippen MR) is 74.7 cm³/mol. The van der Waals surface area contributed by atoms with E-state index in [9.17, 15) is 19.2 Å². The number of carbonyl (C=O) groups is 4. The van der Waals surface area contributed by atoms with Crippen LogP contribution < -0.4 is 0 Å². The summed E-state index contributed by atoms with van der Waals surface area (Å²) in [7, 11) is 2.96. The van der Waals surface area contributed by atoms with Gasteiger partial charge in [0.25, 0.3) is 0 Å². The van der Waals surface area contributed by atoms with Gasteiger partial charge in [0, 0.05) is 31.8 Å². The van der Waals surface area contributed by atoms with Crippen molar-refractivity contribution in [3.63, 3.8) is 0 Å². The van der Waals surface area contributed by atoms with Crippen molar-refractivity contribution in [2.45, 2.75) is 32.6 Å². The van der Waals surface area contributed by atoms with Gasteiger partial charge in [-0.15, -0.1) is 0 Å². The maximum Gasteiger partial charge on any atom is 0.232 e. The van der Waals surface area contributed by atoms with Gasteiger partial charge in [-0.3, -0.25) is 29.0 Å². The van der Waals surface area contributed by atoms with Crippen LogP contribution in [0, 0.1) is 23.7 Å². The smallest absolute Gasteiger partial charge is 0.232 e. The van der Waals surface area contributed by atoms with Gasteiger partial charge in [0.2, 0.25) is 24.1 Å². The minimum absolute atomic E-state index is 0.0992. The lowest BCUT2D eigenvalue weighted by Crippen LogP contribution is -2.50. The van der Waals surface area contributed by atoms with Crippen LogP contribution in [-0.4, -0.2) is 48.0 Å². The SMILES string of the molecule is CC1CC(C(=O)N(C)C=O)CC2CC(C1)C(=O)N(C)C2=O. The fourth-order valence-electron chi connectivity index (χ4n) is 3.64. The molecule has 1 saturated heterocycles. The molecule has 4 amide bonds. The molecule has 6 nitrogen and oxygen atoms in total. The standard InChI is InChI=1S/C15H22N2O4/c1-9-4-10(13(19)16(2)8-18)6-12-7-11(5-9)14(20)17(3)15(12)21/h8-12H,4-7H2,1-3H3. The van der Waals surface area contributed by atoms with E-state index in [1.165, 1.54) is 19.0 Å². The van der Waals surface area contributed by atoms with E-state index in [-0.39, 0.29) is 41.4 Å². The van der Waals surface area contributed by atoms with E-state index < -0.39 is 0 Å². The molecular weight excluding hydrogens is 272 g/mol. The van der Waals surface area contributed by atoms with Gasteiger partial charge in [-0.1, -0.05) is 6.92 Å². The third-order valence-electron chi connectivity index (χ3n) is 4.73. The van der Waals surface area contributed by atoms with Crippen molar-refractivity contribution < 1.29 is 19.2 Å². The van der Waals surface area contributed by atoms with Gasteiger partial charge in [-0.25, -0.2) is 0 Å². The predicted octanol–water partition coefficient (Wildman–Crippen LogP) is 0.659. The number of imide groups is 2. The summed E-state index contributed by atoms with van der Waals surface area (Å²) < 4.78 is 0. The van der Waals surface area contributed by atoms with Crippen molar-refractivity contribution in [2.24, 2.45) is 23.7 Å². The van der Waals surface area contributed by atoms with Crippen molar-refractivity contribution >= 4 is 24.1 Å². The lowest BCUT2D eigenvalue weighted by Gasteiger charge is -2.38. The highest BCUT2D eigenvalue weighted by molar-refractivity contribution is 6.00. The molecule has 1 aliphatic heterocycles. The highest BCUT2D eigenvalue weighted by Crippen LogP contribution is 2.38. The topological polar surface area (TPSA) is 74.8 Å². The van der Waals surface area contributed by atoms with Crippen LogP contribution in [0.15, 0.2) is 0 Å². The van der Waals surface area contributed by atoms with E-state index in [0.29, 0.717) is 32.1 Å². The maximum atomic E-state index is 12.3. The molecule has 1 heterocycles. The molecule has 1 saturated carbocycles. The number of hydrogen-bond acceptors (Lipinski definition) is 4. The Kier molecular flexibility index (Phi) is 4.44. The number of piperidine rings is 1. The Hall–Kier alpha value is -1.72. The lowest BCUT2D eigenvalue weighted by molar-refractivity contribution is -0.156. The van der Waals surface area contributed by atoms with E-state index >= 15 is 0 Å². The number of carbonyl (C=O) groups excluding carboxylic acids is 4. The number of nitrogens with zero attached hydrogens (tertiary/aromatic N) is 2. The quantitative estimate of drug-likeness (QED) is 0.554. The number of hydrogen-bond donors (Lipinski definition) is 0. The molecule has 2 rings (SSSR count). The first-order valence-electron chi connectivity index (χ1n) is 7.38. The Labute approximate surface area is 124 Å². The van der Waals surface area contributed by atoms with Crippen LogP contribution >= 0.6 is 0 Å². The highest BCUT2D eigenvalue weighted by Gasteiger charge is 2.43. The largest absolute Gasteiger partial charge is 0.288 e. The molecule has 2 bridgehead atoms. The first kappa shape index (κ1) is 15.7. The molecule has 2 aliphatic rings. The average Bonchev–Trinajstić information content (AvgIpc) is 2.45. The summed E-state index contributed by atoms with van der Waals surface area (Å²) in [6, 6.07) is 0. The Bertz CT molecular complexity index is 476. The van der Waals surface area contributed by atoms with E-state index in [1.807, 2.05) is 6.92 Å². The maximum absolute atomic E-state index is 12.3. The number of fused-ring (bicyclic) bond motifs is 2. The van der Waals surface area contributed by atoms with E-state index in [1.54, 1.807) is 0 Å². The van der Waals surface area contributed by atoms with Gasteiger partial charge >= 0.3 is 0 Å². The fourth-order valence-corrected chi connectivity index (χ4v) is 3.64. The monoisotopic (exact) mass is 294 g/mol. The van der Waals surface area contributed by atoms with E-state index in [0.717, 1.165) is 4.90 Å². The average molecular weight is 294 g/mol. The Morgan fingerprint density at radius 2 is 1.71 bits per heavy atom. The molecule has 0 radical (unpaired) electrons. The molecule has 4 unspecified atom stereocenters. The van der Waals surface area contributed by atoms with Gasteiger partial charge in [0.1, 0.15) is 0 Å². The Morgan fingerprint density at radius 3 is 2.29 bits per heavy atom. The third kappa shape index (κ3) is 2.99. The zero-order valence-corrected chi connectivity index (χ0v) is 12.7. The van der Waals surface area contributed by atoms with E-state index in [4.69, 9.17) is 0 Å². The fraction of sp³-hybridized carbons (Fsp3) is 0.733. The molecule has 1 aliphatic carbocycles. The molecular formula is C15H22N2O4. The molecule has 6 heteroatoms. The van der Waals surface area contributed by atoms with Crippen molar-refractivity contribution in [1.82, 2.24) is 9.80 Å². The molecule has 0 aromatic rings. The van der Waals surface area contributed by atoms with Gasteiger partial charge in [-0.05, 0) is 31.6 Å². The lowest BCUT2D eigenvalue weighted by atomic mass is 9.72. The molecule has 0 N–H and O–H groups in total. The summed E-state index contributed by atoms with van der Waals surface area (Å²) >= 11 is 0. The normalized spacial score (nSPS) is 33.2. The molecule has 0 aromatic carbocycles. The second-order valence-electron chi connectivity index (χ2n) is 6.43.